The van der Waals surface area contributed by atoms with Gasteiger partial charge < -0.3 is 14.6 Å². The molecular weight excluding hydrogens is 330 g/mol. The number of thiophene rings is 1. The molecule has 1 unspecified atom stereocenters. The van der Waals surface area contributed by atoms with E-state index in [9.17, 15) is 4.79 Å². The zero-order chi connectivity index (χ0) is 16.8. The van der Waals surface area contributed by atoms with E-state index in [1.807, 2.05) is 12.3 Å². The minimum absolute atomic E-state index is 0.0544. The molecule has 6 heterocycles. The molecule has 3 saturated heterocycles. The highest BCUT2D eigenvalue weighted by Crippen LogP contribution is 2.28. The first kappa shape index (κ1) is 15.2. The number of piperidine rings is 3. The van der Waals surface area contributed by atoms with E-state index in [0.29, 0.717) is 12.0 Å². The first-order valence-electron chi connectivity index (χ1n) is 8.95. The molecule has 25 heavy (non-hydrogen) atoms. The third-order valence-corrected chi connectivity index (χ3v) is 6.37. The summed E-state index contributed by atoms with van der Waals surface area (Å²) in [7, 11) is 0. The van der Waals surface area contributed by atoms with E-state index in [-0.39, 0.29) is 5.91 Å². The van der Waals surface area contributed by atoms with Crippen LogP contribution >= 0.6 is 11.3 Å². The van der Waals surface area contributed by atoms with Gasteiger partial charge in [0.15, 0.2) is 0 Å². The molecule has 2 bridgehead atoms. The van der Waals surface area contributed by atoms with Gasteiger partial charge >= 0.3 is 0 Å². The van der Waals surface area contributed by atoms with Crippen LogP contribution < -0.4 is 5.32 Å². The molecule has 1 N–H and O–H groups in total. The fourth-order valence-electron chi connectivity index (χ4n) is 4.28. The topological polar surface area (TPSA) is 36.8 Å². The number of hydrogen-bond donors (Lipinski definition) is 1. The molecule has 1 atom stereocenters. The number of nitrogens with zero attached hydrogens (tertiary/aromatic N) is 2. The standard InChI is InChI=1S/C20H21N3OS/c24-20(21-18-12-22-7-4-14(18)5-8-22)16-10-17-2-1-3-19(23(17)11-16)15-6-9-25-13-15/h1-3,6,9-11,13-14,18H,4-5,7-8,12H2,(H,21,24). The summed E-state index contributed by atoms with van der Waals surface area (Å²) >= 11 is 1.69. The highest BCUT2D eigenvalue weighted by Gasteiger charge is 2.35. The predicted molar refractivity (Wildman–Crippen MR) is 101 cm³/mol. The van der Waals surface area contributed by atoms with Crippen LogP contribution in [-0.2, 0) is 0 Å². The molecule has 3 aliphatic rings. The van der Waals surface area contributed by atoms with Crippen molar-refractivity contribution in [2.24, 2.45) is 5.92 Å². The number of aromatic nitrogens is 1. The SMILES string of the molecule is O=C(NC1CN2CCC1CC2)c1cc2cccc(-c3ccsc3)n2c1. The lowest BCUT2D eigenvalue weighted by Crippen LogP contribution is -2.57. The first-order chi connectivity index (χ1) is 12.3. The molecule has 0 aliphatic carbocycles. The Hall–Kier alpha value is -2.11. The molecule has 4 nitrogen and oxygen atoms in total. The smallest absolute Gasteiger partial charge is 0.253 e. The Labute approximate surface area is 151 Å². The molecule has 3 aliphatic heterocycles. The highest BCUT2D eigenvalue weighted by atomic mass is 32.1. The van der Waals surface area contributed by atoms with Gasteiger partial charge in [-0.25, -0.2) is 0 Å². The lowest BCUT2D eigenvalue weighted by Gasteiger charge is -2.44. The lowest BCUT2D eigenvalue weighted by molar-refractivity contribution is 0.0620. The van der Waals surface area contributed by atoms with Crippen molar-refractivity contribution in [3.8, 4) is 11.3 Å². The predicted octanol–water partition coefficient (Wildman–Crippen LogP) is 3.49. The second-order valence-electron chi connectivity index (χ2n) is 7.16. The van der Waals surface area contributed by atoms with E-state index in [2.05, 4.69) is 49.6 Å². The number of nitrogens with one attached hydrogen (secondary N) is 1. The normalized spacial score (nSPS) is 25.4. The van der Waals surface area contributed by atoms with Gasteiger partial charge in [-0.3, -0.25) is 4.79 Å². The van der Waals surface area contributed by atoms with Crippen LogP contribution in [0.3, 0.4) is 0 Å². The molecule has 5 heteroatoms. The van der Waals surface area contributed by atoms with Crippen molar-refractivity contribution in [3.05, 3.63) is 52.9 Å². The van der Waals surface area contributed by atoms with Crippen LogP contribution in [0, 0.1) is 5.92 Å². The molecule has 0 saturated carbocycles. The van der Waals surface area contributed by atoms with Gasteiger partial charge in [0.2, 0.25) is 0 Å². The molecule has 0 aromatic carbocycles. The van der Waals surface area contributed by atoms with Gasteiger partial charge in [-0.05, 0) is 61.5 Å². The zero-order valence-electron chi connectivity index (χ0n) is 14.0. The number of amides is 1. The van der Waals surface area contributed by atoms with Crippen LogP contribution in [0.2, 0.25) is 0 Å². The van der Waals surface area contributed by atoms with E-state index >= 15 is 0 Å². The molecule has 0 spiro atoms. The Balaban J connectivity index is 1.43. The fourth-order valence-corrected chi connectivity index (χ4v) is 4.93. The molecule has 1 amide bonds. The van der Waals surface area contributed by atoms with Gasteiger partial charge in [-0.1, -0.05) is 6.07 Å². The summed E-state index contributed by atoms with van der Waals surface area (Å²) in [5.74, 6) is 0.700. The Morgan fingerprint density at radius 2 is 2.08 bits per heavy atom. The molecule has 3 fully saturated rings. The largest absolute Gasteiger partial charge is 0.348 e. The summed E-state index contributed by atoms with van der Waals surface area (Å²) in [6, 6.07) is 10.6. The maximum Gasteiger partial charge on any atom is 0.253 e. The maximum absolute atomic E-state index is 12.8. The van der Waals surface area contributed by atoms with E-state index in [0.717, 1.165) is 23.3 Å². The number of rotatable bonds is 3. The van der Waals surface area contributed by atoms with E-state index in [1.54, 1.807) is 11.3 Å². The molecular formula is C20H21N3OS. The third-order valence-electron chi connectivity index (χ3n) is 5.68. The molecule has 3 aromatic rings. The van der Waals surface area contributed by atoms with E-state index in [4.69, 9.17) is 0 Å². The summed E-state index contributed by atoms with van der Waals surface area (Å²) in [4.78, 5) is 15.3. The summed E-state index contributed by atoms with van der Waals surface area (Å²) < 4.78 is 2.12. The highest BCUT2D eigenvalue weighted by molar-refractivity contribution is 7.08. The molecule has 128 valence electrons. The van der Waals surface area contributed by atoms with Crippen LogP contribution in [0.1, 0.15) is 23.2 Å². The van der Waals surface area contributed by atoms with Crippen LogP contribution in [0.25, 0.3) is 16.8 Å². The van der Waals surface area contributed by atoms with Crippen LogP contribution in [0.15, 0.2) is 47.3 Å². The Morgan fingerprint density at radius 3 is 2.80 bits per heavy atom. The first-order valence-corrected chi connectivity index (χ1v) is 9.89. The number of hydrogen-bond acceptors (Lipinski definition) is 3. The number of carbonyl (C=O) groups is 1. The maximum atomic E-state index is 12.8. The molecule has 6 rings (SSSR count). The average molecular weight is 351 g/mol. The Morgan fingerprint density at radius 1 is 1.20 bits per heavy atom. The van der Waals surface area contributed by atoms with Crippen molar-refractivity contribution in [2.45, 2.75) is 18.9 Å². The van der Waals surface area contributed by atoms with Gasteiger partial charge in [0, 0.05) is 35.2 Å². The lowest BCUT2D eigenvalue weighted by atomic mass is 9.84. The average Bonchev–Trinajstić information content (AvgIpc) is 3.32. The van der Waals surface area contributed by atoms with Crippen molar-refractivity contribution >= 4 is 22.8 Å². The minimum Gasteiger partial charge on any atom is -0.348 e. The third kappa shape index (κ3) is 2.68. The summed E-state index contributed by atoms with van der Waals surface area (Å²) in [5.41, 5.74) is 4.12. The number of fused-ring (bicyclic) bond motifs is 4. The number of carbonyl (C=O) groups excluding carboxylic acids is 1. The number of pyridine rings is 1. The van der Waals surface area contributed by atoms with Crippen molar-refractivity contribution in [1.82, 2.24) is 14.6 Å². The summed E-state index contributed by atoms with van der Waals surface area (Å²) in [6.07, 6.45) is 4.40. The van der Waals surface area contributed by atoms with Gasteiger partial charge in [-0.15, -0.1) is 0 Å². The van der Waals surface area contributed by atoms with Crippen LogP contribution in [0.5, 0.6) is 0 Å². The molecule has 3 aromatic heterocycles. The summed E-state index contributed by atoms with van der Waals surface area (Å²) in [6.45, 7) is 3.39. The van der Waals surface area contributed by atoms with Gasteiger partial charge in [0.05, 0.1) is 11.3 Å². The monoisotopic (exact) mass is 351 g/mol. The Bertz CT molecular complexity index is 906. The second-order valence-corrected chi connectivity index (χ2v) is 7.94. The Kier molecular flexibility index (Phi) is 3.64. The van der Waals surface area contributed by atoms with E-state index < -0.39 is 0 Å². The van der Waals surface area contributed by atoms with Gasteiger partial charge in [0.25, 0.3) is 5.91 Å². The zero-order valence-corrected chi connectivity index (χ0v) is 14.8. The van der Waals surface area contributed by atoms with Gasteiger partial charge in [0.1, 0.15) is 0 Å². The van der Waals surface area contributed by atoms with Crippen molar-refractivity contribution in [3.63, 3.8) is 0 Å². The molecule has 0 radical (unpaired) electrons. The quantitative estimate of drug-likeness (QED) is 0.784. The van der Waals surface area contributed by atoms with Crippen molar-refractivity contribution < 1.29 is 4.79 Å². The minimum atomic E-state index is 0.0544. The van der Waals surface area contributed by atoms with Crippen LogP contribution in [-0.4, -0.2) is 40.9 Å². The van der Waals surface area contributed by atoms with Gasteiger partial charge in [-0.2, -0.15) is 11.3 Å². The fraction of sp³-hybridized carbons (Fsp3) is 0.350. The van der Waals surface area contributed by atoms with E-state index in [1.165, 1.54) is 31.5 Å². The van der Waals surface area contributed by atoms with Crippen LogP contribution in [0.4, 0.5) is 0 Å². The van der Waals surface area contributed by atoms with Crippen molar-refractivity contribution in [2.75, 3.05) is 19.6 Å². The summed E-state index contributed by atoms with van der Waals surface area (Å²) in [5, 5.41) is 7.51. The van der Waals surface area contributed by atoms with Crippen molar-refractivity contribution in [1.29, 1.82) is 0 Å². The second kappa shape index (κ2) is 6.00.